The first-order valence-electron chi connectivity index (χ1n) is 4.60. The van der Waals surface area contributed by atoms with Crippen LogP contribution in [-0.2, 0) is 21.3 Å². The van der Waals surface area contributed by atoms with Gasteiger partial charge < -0.3 is 9.47 Å². The Morgan fingerprint density at radius 1 is 1.31 bits per heavy atom. The van der Waals surface area contributed by atoms with Crippen molar-refractivity contribution < 1.29 is 14.3 Å². The van der Waals surface area contributed by atoms with Crippen molar-refractivity contribution in [1.82, 2.24) is 0 Å². The largest absolute Gasteiger partial charge is 0.496 e. The Bertz CT molecular complexity index is 391. The molecule has 16 heavy (non-hydrogen) atoms. The van der Waals surface area contributed by atoms with Crippen molar-refractivity contribution in [1.29, 1.82) is 0 Å². The molecule has 0 amide bonds. The average Bonchev–Trinajstić information content (AvgIpc) is 2.29. The molecule has 0 heterocycles. The number of carbonyl (C=O) groups excluding carboxylic acids is 1. The van der Waals surface area contributed by atoms with E-state index in [-0.39, 0.29) is 12.4 Å². The lowest BCUT2D eigenvalue weighted by molar-refractivity contribution is -0.139. The molecule has 0 aliphatic rings. The fourth-order valence-electron chi connectivity index (χ4n) is 1.29. The maximum Gasteiger partial charge on any atom is 0.310 e. The third kappa shape index (κ3) is 3.22. The van der Waals surface area contributed by atoms with E-state index in [1.165, 1.54) is 7.11 Å². The Kier molecular flexibility index (Phi) is 5.28. The van der Waals surface area contributed by atoms with Gasteiger partial charge >= 0.3 is 5.97 Å². The molecule has 0 spiro atoms. The minimum atomic E-state index is -0.281. The number of esters is 1. The van der Waals surface area contributed by atoms with Crippen LogP contribution < -0.4 is 4.74 Å². The molecule has 1 rings (SSSR count). The smallest absolute Gasteiger partial charge is 0.310 e. The van der Waals surface area contributed by atoms with Gasteiger partial charge in [-0.1, -0.05) is 31.9 Å². The summed E-state index contributed by atoms with van der Waals surface area (Å²) >= 11 is 6.83. The monoisotopic (exact) mass is 350 g/mol. The van der Waals surface area contributed by atoms with Crippen molar-refractivity contribution in [3.63, 3.8) is 0 Å². The highest BCUT2D eigenvalue weighted by molar-refractivity contribution is 9.10. The summed E-state index contributed by atoms with van der Waals surface area (Å²) < 4.78 is 10.8. The van der Waals surface area contributed by atoms with E-state index in [1.54, 1.807) is 7.11 Å². The molecule has 0 N–H and O–H groups in total. The quantitative estimate of drug-likeness (QED) is 0.617. The molecule has 0 fully saturated rings. The molecule has 0 atom stereocenters. The number of halogens is 2. The second-order valence-corrected chi connectivity index (χ2v) is 4.56. The Morgan fingerprint density at radius 3 is 2.50 bits per heavy atom. The Labute approximate surface area is 111 Å². The molecule has 0 radical (unpaired) electrons. The van der Waals surface area contributed by atoms with Gasteiger partial charge in [0.25, 0.3) is 0 Å². The van der Waals surface area contributed by atoms with Crippen molar-refractivity contribution in [2.45, 2.75) is 11.8 Å². The molecule has 0 aromatic heterocycles. The fraction of sp³-hybridized carbons (Fsp3) is 0.364. The number of carbonyl (C=O) groups is 1. The van der Waals surface area contributed by atoms with Crippen LogP contribution in [0.25, 0.3) is 0 Å². The molecule has 3 nitrogen and oxygen atoms in total. The average molecular weight is 352 g/mol. The lowest BCUT2D eigenvalue weighted by Gasteiger charge is -2.11. The van der Waals surface area contributed by atoms with E-state index < -0.39 is 0 Å². The molecule has 0 saturated heterocycles. The minimum Gasteiger partial charge on any atom is -0.496 e. The van der Waals surface area contributed by atoms with Crippen LogP contribution in [0.3, 0.4) is 0 Å². The van der Waals surface area contributed by atoms with E-state index in [1.807, 2.05) is 12.1 Å². The van der Waals surface area contributed by atoms with E-state index >= 15 is 0 Å². The van der Waals surface area contributed by atoms with E-state index in [9.17, 15) is 4.79 Å². The summed E-state index contributed by atoms with van der Waals surface area (Å²) in [4.78, 5) is 11.2. The molecule has 88 valence electrons. The van der Waals surface area contributed by atoms with E-state index in [0.29, 0.717) is 5.75 Å². The number of methoxy groups -OCH3 is 2. The molecular weight excluding hydrogens is 340 g/mol. The molecular formula is C11H12Br2O3. The van der Waals surface area contributed by atoms with Gasteiger partial charge in [-0.15, -0.1) is 0 Å². The SMILES string of the molecule is COC(=O)Cc1cc(Br)c(CBr)cc1OC. The van der Waals surface area contributed by atoms with Crippen molar-refractivity contribution in [2.24, 2.45) is 0 Å². The number of ether oxygens (including phenoxy) is 2. The zero-order valence-electron chi connectivity index (χ0n) is 9.05. The van der Waals surface area contributed by atoms with Crippen molar-refractivity contribution in [3.8, 4) is 5.75 Å². The second-order valence-electron chi connectivity index (χ2n) is 3.14. The summed E-state index contributed by atoms with van der Waals surface area (Å²) in [6, 6.07) is 3.78. The zero-order chi connectivity index (χ0) is 12.1. The lowest BCUT2D eigenvalue weighted by Crippen LogP contribution is -2.06. The first-order valence-corrected chi connectivity index (χ1v) is 6.51. The predicted molar refractivity (Wildman–Crippen MR) is 69.0 cm³/mol. The van der Waals surface area contributed by atoms with Gasteiger partial charge in [0.2, 0.25) is 0 Å². The molecule has 0 bridgehead atoms. The van der Waals surface area contributed by atoms with Gasteiger partial charge in [0, 0.05) is 15.4 Å². The minimum absolute atomic E-state index is 0.209. The van der Waals surface area contributed by atoms with E-state index in [0.717, 1.165) is 20.9 Å². The normalized spacial score (nSPS) is 10.0. The lowest BCUT2D eigenvalue weighted by atomic mass is 10.1. The van der Waals surface area contributed by atoms with Crippen LogP contribution in [0.15, 0.2) is 16.6 Å². The van der Waals surface area contributed by atoms with Crippen LogP contribution in [0.1, 0.15) is 11.1 Å². The fourth-order valence-corrected chi connectivity index (χ4v) is 2.67. The maximum absolute atomic E-state index is 11.2. The molecule has 0 saturated carbocycles. The molecule has 5 heteroatoms. The summed E-state index contributed by atoms with van der Waals surface area (Å²) in [5.41, 5.74) is 1.89. The highest BCUT2D eigenvalue weighted by Gasteiger charge is 2.12. The van der Waals surface area contributed by atoms with Gasteiger partial charge in [-0.05, 0) is 17.7 Å². The van der Waals surface area contributed by atoms with Crippen LogP contribution in [0.5, 0.6) is 5.75 Å². The van der Waals surface area contributed by atoms with E-state index in [4.69, 9.17) is 4.74 Å². The Morgan fingerprint density at radius 2 is 2.00 bits per heavy atom. The third-order valence-corrected chi connectivity index (χ3v) is 3.50. The standard InChI is InChI=1S/C11H12Br2O3/c1-15-10-4-8(6-12)9(13)3-7(10)5-11(14)16-2/h3-4H,5-6H2,1-2H3. The van der Waals surface area contributed by atoms with Gasteiger partial charge in [-0.3, -0.25) is 4.79 Å². The van der Waals surface area contributed by atoms with Crippen LogP contribution in [0.2, 0.25) is 0 Å². The van der Waals surface area contributed by atoms with E-state index in [2.05, 4.69) is 36.6 Å². The maximum atomic E-state index is 11.2. The van der Waals surface area contributed by atoms with Crippen molar-refractivity contribution >= 4 is 37.8 Å². The van der Waals surface area contributed by atoms with Gasteiger partial charge in [0.15, 0.2) is 0 Å². The molecule has 0 unspecified atom stereocenters. The van der Waals surface area contributed by atoms with Crippen LogP contribution >= 0.6 is 31.9 Å². The predicted octanol–water partition coefficient (Wildman–Crippen LogP) is 3.07. The first kappa shape index (κ1) is 13.5. The molecule has 1 aromatic carbocycles. The summed E-state index contributed by atoms with van der Waals surface area (Å²) in [5, 5.41) is 0.725. The van der Waals surface area contributed by atoms with Crippen molar-refractivity contribution in [2.75, 3.05) is 14.2 Å². The highest BCUT2D eigenvalue weighted by Crippen LogP contribution is 2.29. The third-order valence-electron chi connectivity index (χ3n) is 2.16. The topological polar surface area (TPSA) is 35.5 Å². The number of benzene rings is 1. The molecule has 0 aliphatic heterocycles. The highest BCUT2D eigenvalue weighted by atomic mass is 79.9. The number of hydrogen-bond acceptors (Lipinski definition) is 3. The van der Waals surface area contributed by atoms with Crippen LogP contribution in [-0.4, -0.2) is 20.2 Å². The van der Waals surface area contributed by atoms with Gasteiger partial charge in [0.1, 0.15) is 5.75 Å². The molecule has 0 aliphatic carbocycles. The molecule has 1 aromatic rings. The van der Waals surface area contributed by atoms with Gasteiger partial charge in [0.05, 0.1) is 20.6 Å². The van der Waals surface area contributed by atoms with Crippen LogP contribution in [0, 0.1) is 0 Å². The Hall–Kier alpha value is -0.550. The zero-order valence-corrected chi connectivity index (χ0v) is 12.2. The summed E-state index contributed by atoms with van der Waals surface area (Å²) in [5.74, 6) is 0.417. The number of rotatable bonds is 4. The number of hydrogen-bond donors (Lipinski definition) is 0. The second kappa shape index (κ2) is 6.25. The van der Waals surface area contributed by atoms with Gasteiger partial charge in [-0.2, -0.15) is 0 Å². The first-order chi connectivity index (χ1) is 7.62. The van der Waals surface area contributed by atoms with Crippen molar-refractivity contribution in [3.05, 3.63) is 27.7 Å². The summed E-state index contributed by atoms with van der Waals surface area (Å²) in [6.07, 6.45) is 0.209. The number of alkyl halides is 1. The Balaban J connectivity index is 3.08. The summed E-state index contributed by atoms with van der Waals surface area (Å²) in [7, 11) is 2.96. The van der Waals surface area contributed by atoms with Crippen LogP contribution in [0.4, 0.5) is 0 Å². The van der Waals surface area contributed by atoms with Gasteiger partial charge in [-0.25, -0.2) is 0 Å². The summed E-state index contributed by atoms with van der Waals surface area (Å²) in [6.45, 7) is 0.